The van der Waals surface area contributed by atoms with Crippen LogP contribution in [0.1, 0.15) is 19.8 Å². The molecule has 3 heteroatoms. The minimum absolute atomic E-state index is 0.630. The summed E-state index contributed by atoms with van der Waals surface area (Å²) in [6.07, 6.45) is 5.07. The zero-order valence-corrected chi connectivity index (χ0v) is 9.25. The monoisotopic (exact) mass is 206 g/mol. The highest BCUT2D eigenvalue weighted by molar-refractivity contribution is 5.53. The summed E-state index contributed by atoms with van der Waals surface area (Å²) in [4.78, 5) is 12.5. The molecule has 0 radical (unpaired) electrons. The van der Waals surface area contributed by atoms with Gasteiger partial charge in [0.15, 0.2) is 0 Å². The van der Waals surface area contributed by atoms with Crippen molar-refractivity contribution in [1.82, 2.24) is 10.2 Å². The highest BCUT2D eigenvalue weighted by Crippen LogP contribution is 2.16. The maximum absolute atomic E-state index is 10.2. The molecule has 1 heterocycles. The van der Waals surface area contributed by atoms with Gasteiger partial charge in [0.1, 0.15) is 0 Å². The van der Waals surface area contributed by atoms with Crippen LogP contribution in [-0.4, -0.2) is 24.4 Å². The van der Waals surface area contributed by atoms with Crippen molar-refractivity contribution in [1.29, 1.82) is 0 Å². The fourth-order valence-corrected chi connectivity index (χ4v) is 1.62. The number of rotatable bonds is 5. The average molecular weight is 206 g/mol. The normalized spacial score (nSPS) is 16.3. The molecule has 15 heavy (non-hydrogen) atoms. The van der Waals surface area contributed by atoms with Crippen LogP contribution in [0.5, 0.6) is 0 Å². The van der Waals surface area contributed by atoms with Crippen molar-refractivity contribution in [2.24, 2.45) is 0 Å². The summed E-state index contributed by atoms with van der Waals surface area (Å²) in [7, 11) is 0. The van der Waals surface area contributed by atoms with Crippen LogP contribution < -0.4 is 5.32 Å². The lowest BCUT2D eigenvalue weighted by atomic mass is 10.2. The summed E-state index contributed by atoms with van der Waals surface area (Å²) in [5.74, 6) is 0. The van der Waals surface area contributed by atoms with E-state index in [2.05, 4.69) is 23.4 Å². The van der Waals surface area contributed by atoms with E-state index >= 15 is 0 Å². The van der Waals surface area contributed by atoms with Gasteiger partial charge in [0.05, 0.1) is 0 Å². The van der Waals surface area contributed by atoms with Crippen LogP contribution >= 0.6 is 0 Å². The van der Waals surface area contributed by atoms with E-state index in [1.54, 1.807) is 0 Å². The molecule has 1 aliphatic rings. The number of hydrogen-bond acceptors (Lipinski definition) is 2. The van der Waals surface area contributed by atoms with E-state index in [0.29, 0.717) is 12.1 Å². The second-order valence-corrected chi connectivity index (χ2v) is 3.75. The summed E-state index contributed by atoms with van der Waals surface area (Å²) < 4.78 is 0. The molecular formula is C12H18N2O. The molecule has 1 N–H and O–H groups in total. The lowest BCUT2D eigenvalue weighted by Crippen LogP contribution is -2.17. The van der Waals surface area contributed by atoms with Crippen LogP contribution in [0.3, 0.4) is 0 Å². The predicted molar refractivity (Wildman–Crippen MR) is 62.0 cm³/mol. The number of amides is 1. The molecule has 0 aliphatic carbocycles. The molecule has 0 spiro atoms. The zero-order valence-electron chi connectivity index (χ0n) is 9.25. The summed E-state index contributed by atoms with van der Waals surface area (Å²) in [6.45, 7) is 11.8. The van der Waals surface area contributed by atoms with Gasteiger partial charge in [0.2, 0.25) is 6.41 Å². The molecule has 0 saturated carbocycles. The van der Waals surface area contributed by atoms with Gasteiger partial charge in [-0.05, 0) is 31.4 Å². The van der Waals surface area contributed by atoms with Gasteiger partial charge in [-0.2, -0.15) is 0 Å². The first kappa shape index (κ1) is 11.6. The van der Waals surface area contributed by atoms with Gasteiger partial charge in [0, 0.05) is 24.5 Å². The van der Waals surface area contributed by atoms with Crippen LogP contribution in [0.15, 0.2) is 36.2 Å². The smallest absolute Gasteiger partial charge is 0.211 e. The van der Waals surface area contributed by atoms with Crippen molar-refractivity contribution in [2.75, 3.05) is 13.1 Å². The van der Waals surface area contributed by atoms with Gasteiger partial charge in [-0.3, -0.25) is 4.79 Å². The highest BCUT2D eigenvalue weighted by Gasteiger charge is 2.11. The van der Waals surface area contributed by atoms with E-state index in [1.165, 1.54) is 12.8 Å². The van der Waals surface area contributed by atoms with Crippen molar-refractivity contribution >= 4 is 6.41 Å². The Labute approximate surface area is 91.2 Å². The quantitative estimate of drug-likeness (QED) is 0.549. The zero-order chi connectivity index (χ0) is 11.3. The molecule has 0 atom stereocenters. The fourth-order valence-electron chi connectivity index (χ4n) is 1.62. The number of carbonyl (C=O) groups is 1. The molecule has 0 aromatic heterocycles. The fraction of sp³-hybridized carbons (Fsp3) is 0.417. The Hall–Kier alpha value is -1.51. The molecular weight excluding hydrogens is 188 g/mol. The summed E-state index contributed by atoms with van der Waals surface area (Å²) in [6, 6.07) is 0. The summed E-state index contributed by atoms with van der Waals surface area (Å²) >= 11 is 0. The molecule has 0 aromatic carbocycles. The Morgan fingerprint density at radius 2 is 1.93 bits per heavy atom. The Morgan fingerprint density at radius 1 is 1.33 bits per heavy atom. The van der Waals surface area contributed by atoms with Crippen molar-refractivity contribution < 1.29 is 4.79 Å². The topological polar surface area (TPSA) is 32.3 Å². The summed E-state index contributed by atoms with van der Waals surface area (Å²) in [5.41, 5.74) is 2.57. The predicted octanol–water partition coefficient (Wildman–Crippen LogP) is 1.80. The van der Waals surface area contributed by atoms with Gasteiger partial charge in [0.25, 0.3) is 0 Å². The van der Waals surface area contributed by atoms with Crippen LogP contribution in [0.25, 0.3) is 0 Å². The molecule has 1 saturated heterocycles. The standard InChI is InChI=1S/C12H18N2O/c1-10(12(3)13-9-15)8-11(2)14-6-4-5-7-14/h8-9H,2-7H2,1H3,(H,13,15)/b10-8-. The van der Waals surface area contributed by atoms with Crippen LogP contribution in [0.4, 0.5) is 0 Å². The second kappa shape index (κ2) is 5.39. The number of allylic oxidation sites excluding steroid dienone is 2. The first-order chi connectivity index (χ1) is 7.15. The average Bonchev–Trinajstić information content (AvgIpc) is 2.70. The number of likely N-dealkylation sites (tertiary alicyclic amines) is 1. The first-order valence-electron chi connectivity index (χ1n) is 5.16. The van der Waals surface area contributed by atoms with E-state index in [4.69, 9.17) is 0 Å². The van der Waals surface area contributed by atoms with Gasteiger partial charge < -0.3 is 10.2 Å². The summed E-state index contributed by atoms with van der Waals surface area (Å²) in [5, 5.41) is 2.54. The second-order valence-electron chi connectivity index (χ2n) is 3.75. The highest BCUT2D eigenvalue weighted by atomic mass is 16.1. The number of nitrogens with one attached hydrogen (secondary N) is 1. The third-order valence-corrected chi connectivity index (χ3v) is 2.60. The third kappa shape index (κ3) is 3.27. The number of hydrogen-bond donors (Lipinski definition) is 1. The van der Waals surface area contributed by atoms with Gasteiger partial charge in [-0.15, -0.1) is 0 Å². The third-order valence-electron chi connectivity index (χ3n) is 2.60. The lowest BCUT2D eigenvalue weighted by Gasteiger charge is -2.18. The molecule has 1 aliphatic heterocycles. The van der Waals surface area contributed by atoms with Crippen molar-refractivity contribution in [3.63, 3.8) is 0 Å². The van der Waals surface area contributed by atoms with E-state index in [1.807, 2.05) is 13.0 Å². The van der Waals surface area contributed by atoms with Gasteiger partial charge in [-0.1, -0.05) is 13.2 Å². The molecule has 82 valence electrons. The Balaban J connectivity index is 2.56. The van der Waals surface area contributed by atoms with E-state index in [9.17, 15) is 4.79 Å². The first-order valence-corrected chi connectivity index (χ1v) is 5.16. The molecule has 1 rings (SSSR count). The maximum atomic E-state index is 10.2. The molecule has 0 bridgehead atoms. The van der Waals surface area contributed by atoms with Gasteiger partial charge in [-0.25, -0.2) is 0 Å². The minimum Gasteiger partial charge on any atom is -0.372 e. The lowest BCUT2D eigenvalue weighted by molar-refractivity contribution is -0.108. The van der Waals surface area contributed by atoms with E-state index in [0.717, 1.165) is 24.4 Å². The Bertz CT molecular complexity index is 299. The molecule has 0 unspecified atom stereocenters. The maximum Gasteiger partial charge on any atom is 0.211 e. The number of carbonyl (C=O) groups excluding carboxylic acids is 1. The largest absolute Gasteiger partial charge is 0.372 e. The van der Waals surface area contributed by atoms with Crippen LogP contribution in [0.2, 0.25) is 0 Å². The molecule has 1 amide bonds. The Kier molecular flexibility index (Phi) is 4.16. The van der Waals surface area contributed by atoms with Gasteiger partial charge >= 0.3 is 0 Å². The molecule has 0 aromatic rings. The van der Waals surface area contributed by atoms with E-state index in [-0.39, 0.29) is 0 Å². The molecule has 1 fully saturated rings. The van der Waals surface area contributed by atoms with Crippen molar-refractivity contribution in [3.05, 3.63) is 36.2 Å². The SMILES string of the molecule is C=C(NC=O)/C(C)=C\C(=C)N1CCCC1. The van der Waals surface area contributed by atoms with E-state index < -0.39 is 0 Å². The van der Waals surface area contributed by atoms with Crippen molar-refractivity contribution in [2.45, 2.75) is 19.8 Å². The molecule has 3 nitrogen and oxygen atoms in total. The number of nitrogens with zero attached hydrogens (tertiary/aromatic N) is 1. The van der Waals surface area contributed by atoms with Crippen LogP contribution in [-0.2, 0) is 4.79 Å². The Morgan fingerprint density at radius 3 is 2.47 bits per heavy atom. The van der Waals surface area contributed by atoms with Crippen molar-refractivity contribution in [3.8, 4) is 0 Å². The van der Waals surface area contributed by atoms with Crippen LogP contribution in [0, 0.1) is 0 Å². The minimum atomic E-state index is 0.630.